The molecule has 0 radical (unpaired) electrons. The van der Waals surface area contributed by atoms with E-state index < -0.39 is 10.0 Å². The van der Waals surface area contributed by atoms with Gasteiger partial charge in [-0.2, -0.15) is 4.31 Å². The van der Waals surface area contributed by atoms with Gasteiger partial charge in [0.1, 0.15) is 10.7 Å². The fourth-order valence-electron chi connectivity index (χ4n) is 1.52. The van der Waals surface area contributed by atoms with Crippen LogP contribution in [0.25, 0.3) is 0 Å². The van der Waals surface area contributed by atoms with Gasteiger partial charge in [0.2, 0.25) is 10.0 Å². The average molecular weight is 273 g/mol. The van der Waals surface area contributed by atoms with E-state index in [1.165, 1.54) is 16.6 Å². The third-order valence-electron chi connectivity index (χ3n) is 2.46. The zero-order valence-electron chi connectivity index (χ0n) is 10.7. The molecule has 6 nitrogen and oxygen atoms in total. The first kappa shape index (κ1) is 14.9. The summed E-state index contributed by atoms with van der Waals surface area (Å²) in [5, 5.41) is 0. The molecule has 0 aliphatic heterocycles. The van der Waals surface area contributed by atoms with Crippen molar-refractivity contribution in [3.8, 4) is 0 Å². The Kier molecular flexibility index (Phi) is 5.52. The van der Waals surface area contributed by atoms with Gasteiger partial charge >= 0.3 is 0 Å². The fraction of sp³-hybridized carbons (Fsp3) is 0.545. The Morgan fingerprint density at radius 3 is 2.72 bits per heavy atom. The predicted molar refractivity (Wildman–Crippen MR) is 69.6 cm³/mol. The highest BCUT2D eigenvalue weighted by molar-refractivity contribution is 7.89. The highest BCUT2D eigenvalue weighted by Gasteiger charge is 2.25. The summed E-state index contributed by atoms with van der Waals surface area (Å²) in [4.78, 5) is 3.84. The van der Waals surface area contributed by atoms with Gasteiger partial charge in [-0.1, -0.05) is 6.92 Å². The molecule has 18 heavy (non-hydrogen) atoms. The zero-order valence-corrected chi connectivity index (χ0v) is 11.5. The summed E-state index contributed by atoms with van der Waals surface area (Å²) in [5.74, 6) is 0.0207. The molecule has 7 heteroatoms. The van der Waals surface area contributed by atoms with Gasteiger partial charge in [0, 0.05) is 25.9 Å². The second-order valence-electron chi connectivity index (χ2n) is 3.58. The van der Waals surface area contributed by atoms with E-state index >= 15 is 0 Å². The highest BCUT2D eigenvalue weighted by Crippen LogP contribution is 2.19. The molecule has 0 unspecified atom stereocenters. The van der Waals surface area contributed by atoms with Gasteiger partial charge in [-0.15, -0.1) is 0 Å². The van der Waals surface area contributed by atoms with Gasteiger partial charge in [0.05, 0.1) is 6.61 Å². The number of hydrogen-bond acceptors (Lipinski definition) is 5. The van der Waals surface area contributed by atoms with Crippen LogP contribution in [0.1, 0.15) is 13.8 Å². The number of likely N-dealkylation sites (N-methyl/N-ethyl adjacent to an activating group) is 1. The minimum atomic E-state index is -3.60. The molecule has 1 rings (SSSR count). The van der Waals surface area contributed by atoms with Crippen molar-refractivity contribution < 1.29 is 13.2 Å². The number of ether oxygens (including phenoxy) is 1. The summed E-state index contributed by atoms with van der Waals surface area (Å²) in [6.07, 6.45) is 1.46. The Balaban J connectivity index is 2.93. The van der Waals surface area contributed by atoms with Crippen LogP contribution in [0.4, 0.5) is 5.82 Å². The Morgan fingerprint density at radius 1 is 1.44 bits per heavy atom. The summed E-state index contributed by atoms with van der Waals surface area (Å²) in [6.45, 7) is 5.24. The van der Waals surface area contributed by atoms with E-state index in [1.807, 2.05) is 6.92 Å². The molecule has 0 saturated carbocycles. The molecule has 1 heterocycles. The van der Waals surface area contributed by atoms with Crippen LogP contribution >= 0.6 is 0 Å². The van der Waals surface area contributed by atoms with Gasteiger partial charge < -0.3 is 10.5 Å². The largest absolute Gasteiger partial charge is 0.383 e. The first-order valence-electron chi connectivity index (χ1n) is 5.82. The maximum absolute atomic E-state index is 12.3. The average Bonchev–Trinajstić information content (AvgIpc) is 2.34. The lowest BCUT2D eigenvalue weighted by Crippen LogP contribution is -2.34. The second kappa shape index (κ2) is 6.67. The van der Waals surface area contributed by atoms with Crippen molar-refractivity contribution in [1.82, 2.24) is 9.29 Å². The van der Waals surface area contributed by atoms with Crippen molar-refractivity contribution in [2.24, 2.45) is 0 Å². The third kappa shape index (κ3) is 3.41. The minimum absolute atomic E-state index is 0.0207. The van der Waals surface area contributed by atoms with Crippen LogP contribution in [0.2, 0.25) is 0 Å². The zero-order chi connectivity index (χ0) is 13.6. The molecule has 0 spiro atoms. The van der Waals surface area contributed by atoms with E-state index in [9.17, 15) is 8.42 Å². The number of aromatic nitrogens is 1. The van der Waals surface area contributed by atoms with Gasteiger partial charge in [0.15, 0.2) is 0 Å². The Labute approximate surface area is 108 Å². The molecular weight excluding hydrogens is 254 g/mol. The molecule has 0 amide bonds. The van der Waals surface area contributed by atoms with Crippen LogP contribution in [-0.4, -0.2) is 44.0 Å². The standard InChI is InChI=1S/C11H19N3O3S/c1-3-14(8-9-17-4-2)18(15,16)10-6-5-7-13-11(10)12/h5-7H,3-4,8-9H2,1-2H3,(H2,12,13). The van der Waals surface area contributed by atoms with Crippen molar-refractivity contribution in [3.05, 3.63) is 18.3 Å². The third-order valence-corrected chi connectivity index (χ3v) is 4.48. The Hall–Kier alpha value is -1.18. The van der Waals surface area contributed by atoms with Gasteiger partial charge in [-0.25, -0.2) is 13.4 Å². The van der Waals surface area contributed by atoms with E-state index in [-0.39, 0.29) is 10.7 Å². The van der Waals surface area contributed by atoms with Gasteiger partial charge in [0.25, 0.3) is 0 Å². The number of pyridine rings is 1. The molecular formula is C11H19N3O3S. The van der Waals surface area contributed by atoms with Crippen LogP contribution in [0.3, 0.4) is 0 Å². The lowest BCUT2D eigenvalue weighted by molar-refractivity contribution is 0.135. The number of anilines is 1. The molecule has 0 aromatic carbocycles. The van der Waals surface area contributed by atoms with Crippen molar-refractivity contribution in [2.45, 2.75) is 18.7 Å². The number of nitrogens with zero attached hydrogens (tertiary/aromatic N) is 2. The van der Waals surface area contributed by atoms with E-state index in [2.05, 4.69) is 4.98 Å². The summed E-state index contributed by atoms with van der Waals surface area (Å²) in [6, 6.07) is 3.01. The molecule has 0 saturated heterocycles. The summed E-state index contributed by atoms with van der Waals surface area (Å²) in [5.41, 5.74) is 5.61. The molecule has 1 aromatic rings. The molecule has 0 fully saturated rings. The van der Waals surface area contributed by atoms with Gasteiger partial charge in [-0.05, 0) is 19.1 Å². The summed E-state index contributed by atoms with van der Waals surface area (Å²) >= 11 is 0. The van der Waals surface area contributed by atoms with Gasteiger partial charge in [-0.3, -0.25) is 0 Å². The van der Waals surface area contributed by atoms with Crippen molar-refractivity contribution in [2.75, 3.05) is 32.0 Å². The number of rotatable bonds is 7. The summed E-state index contributed by atoms with van der Waals surface area (Å²) in [7, 11) is -3.60. The van der Waals surface area contributed by atoms with Crippen LogP contribution in [0.5, 0.6) is 0 Å². The lowest BCUT2D eigenvalue weighted by atomic mass is 10.5. The first-order valence-corrected chi connectivity index (χ1v) is 7.26. The highest BCUT2D eigenvalue weighted by atomic mass is 32.2. The maximum Gasteiger partial charge on any atom is 0.246 e. The van der Waals surface area contributed by atoms with Crippen molar-refractivity contribution >= 4 is 15.8 Å². The van der Waals surface area contributed by atoms with Crippen molar-refractivity contribution in [1.29, 1.82) is 0 Å². The Bertz CT molecular complexity index is 476. The normalized spacial score (nSPS) is 11.9. The van der Waals surface area contributed by atoms with Crippen LogP contribution < -0.4 is 5.73 Å². The number of hydrogen-bond donors (Lipinski definition) is 1. The molecule has 2 N–H and O–H groups in total. The lowest BCUT2D eigenvalue weighted by Gasteiger charge is -2.20. The van der Waals surface area contributed by atoms with E-state index in [0.717, 1.165) is 0 Å². The molecule has 0 aliphatic carbocycles. The van der Waals surface area contributed by atoms with E-state index in [4.69, 9.17) is 10.5 Å². The Morgan fingerprint density at radius 2 is 2.17 bits per heavy atom. The van der Waals surface area contributed by atoms with E-state index in [1.54, 1.807) is 13.0 Å². The molecule has 0 atom stereocenters. The SMILES string of the molecule is CCOCCN(CC)S(=O)(=O)c1cccnc1N. The minimum Gasteiger partial charge on any atom is -0.383 e. The van der Waals surface area contributed by atoms with Crippen LogP contribution in [-0.2, 0) is 14.8 Å². The predicted octanol–water partition coefficient (Wildman–Crippen LogP) is 0.711. The van der Waals surface area contributed by atoms with Crippen molar-refractivity contribution in [3.63, 3.8) is 0 Å². The molecule has 0 aliphatic rings. The monoisotopic (exact) mass is 273 g/mol. The number of nitrogen functional groups attached to an aromatic ring is 1. The molecule has 102 valence electrons. The maximum atomic E-state index is 12.3. The number of sulfonamides is 1. The fourth-order valence-corrected chi connectivity index (χ4v) is 3.02. The van der Waals surface area contributed by atoms with Crippen LogP contribution in [0.15, 0.2) is 23.2 Å². The quantitative estimate of drug-likeness (QED) is 0.739. The smallest absolute Gasteiger partial charge is 0.246 e. The summed E-state index contributed by atoms with van der Waals surface area (Å²) < 4.78 is 31.2. The first-order chi connectivity index (χ1) is 8.54. The molecule has 0 bridgehead atoms. The topological polar surface area (TPSA) is 85.5 Å². The molecule has 1 aromatic heterocycles. The number of nitrogens with two attached hydrogens (primary N) is 1. The van der Waals surface area contributed by atoms with Crippen LogP contribution in [0, 0.1) is 0 Å². The van der Waals surface area contributed by atoms with E-state index in [0.29, 0.717) is 26.3 Å². The second-order valence-corrected chi connectivity index (χ2v) is 5.49.